The summed E-state index contributed by atoms with van der Waals surface area (Å²) in [7, 11) is 1.53. The van der Waals surface area contributed by atoms with Crippen LogP contribution in [-0.4, -0.2) is 19.0 Å². The van der Waals surface area contributed by atoms with Gasteiger partial charge >= 0.3 is 5.97 Å². The molecule has 3 aromatic rings. The van der Waals surface area contributed by atoms with Crippen LogP contribution in [-0.2, 0) is 16.1 Å². The van der Waals surface area contributed by atoms with Crippen molar-refractivity contribution in [3.63, 3.8) is 0 Å². The maximum atomic E-state index is 13.1. The van der Waals surface area contributed by atoms with Gasteiger partial charge in [-0.15, -0.1) is 0 Å². The van der Waals surface area contributed by atoms with Crippen molar-refractivity contribution in [1.82, 2.24) is 0 Å². The van der Waals surface area contributed by atoms with Gasteiger partial charge in [-0.05, 0) is 88.3 Å². The molecule has 0 atom stereocenters. The molecule has 1 heterocycles. The summed E-state index contributed by atoms with van der Waals surface area (Å²) < 4.78 is 30.6. The van der Waals surface area contributed by atoms with Crippen molar-refractivity contribution in [2.45, 2.75) is 6.61 Å². The second-order valence-electron chi connectivity index (χ2n) is 6.91. The first-order valence-corrected chi connectivity index (χ1v) is 11.4. The van der Waals surface area contributed by atoms with Crippen molar-refractivity contribution >= 4 is 63.7 Å². The Morgan fingerprint density at radius 1 is 1.09 bits per heavy atom. The van der Waals surface area contributed by atoms with Crippen molar-refractivity contribution in [2.24, 2.45) is 4.99 Å². The maximum Gasteiger partial charge on any atom is 0.363 e. The van der Waals surface area contributed by atoms with E-state index in [1.807, 2.05) is 12.1 Å². The number of nitrogens with zero attached hydrogens (tertiary/aromatic N) is 1. The lowest BCUT2D eigenvalue weighted by Gasteiger charge is -2.14. The summed E-state index contributed by atoms with van der Waals surface area (Å²) in [4.78, 5) is 16.5. The zero-order valence-corrected chi connectivity index (χ0v) is 20.7. The first-order chi connectivity index (χ1) is 15.8. The molecule has 0 unspecified atom stereocenters. The van der Waals surface area contributed by atoms with E-state index in [4.69, 9.17) is 37.4 Å². The van der Waals surface area contributed by atoms with Crippen LogP contribution in [0.3, 0.4) is 0 Å². The average molecular weight is 598 g/mol. The van der Waals surface area contributed by atoms with E-state index in [9.17, 15) is 9.18 Å². The summed E-state index contributed by atoms with van der Waals surface area (Å²) in [5.74, 6) is 0.180. The zero-order valence-electron chi connectivity index (χ0n) is 17.1. The second kappa shape index (κ2) is 10.1. The molecular formula is C24H15Cl2FINO4. The lowest BCUT2D eigenvalue weighted by atomic mass is 10.1. The molecule has 0 N–H and O–H groups in total. The number of carbonyl (C=O) groups excluding carboxylic acids is 1. The lowest BCUT2D eigenvalue weighted by molar-refractivity contribution is -0.129. The number of cyclic esters (lactones) is 1. The van der Waals surface area contributed by atoms with E-state index in [1.165, 1.54) is 31.4 Å². The number of halogens is 4. The molecule has 0 saturated carbocycles. The van der Waals surface area contributed by atoms with Gasteiger partial charge in [0.05, 0.1) is 20.7 Å². The van der Waals surface area contributed by atoms with Crippen LogP contribution >= 0.6 is 45.8 Å². The molecule has 9 heteroatoms. The summed E-state index contributed by atoms with van der Waals surface area (Å²) in [5.41, 5.74) is 2.15. The third-order valence-electron chi connectivity index (χ3n) is 4.63. The molecule has 33 heavy (non-hydrogen) atoms. The Bertz CT molecular complexity index is 1290. The Morgan fingerprint density at radius 2 is 1.85 bits per heavy atom. The normalized spacial score (nSPS) is 14.3. The standard InChI is InChI=1S/C24H15Cl2FINO4/c1-31-21-11-14(9-19(28)22(21)32-12-13-2-7-17(25)18(26)8-13)10-20-24(30)33-23(29-20)15-3-5-16(27)6-4-15/h2-11H,12H2,1H3/b20-10-. The van der Waals surface area contributed by atoms with Crippen LogP contribution in [0.1, 0.15) is 16.7 Å². The van der Waals surface area contributed by atoms with E-state index in [0.717, 1.165) is 9.13 Å². The first-order valence-electron chi connectivity index (χ1n) is 9.57. The number of benzene rings is 3. The molecule has 0 fully saturated rings. The third-order valence-corrected chi connectivity index (χ3v) is 6.17. The van der Waals surface area contributed by atoms with E-state index < -0.39 is 5.97 Å². The molecule has 0 amide bonds. The number of carbonyl (C=O) groups is 1. The molecule has 0 aromatic heterocycles. The molecule has 0 spiro atoms. The van der Waals surface area contributed by atoms with Gasteiger partial charge in [-0.1, -0.05) is 29.3 Å². The predicted octanol–water partition coefficient (Wildman–Crippen LogP) is 6.67. The van der Waals surface area contributed by atoms with Crippen LogP contribution in [0.2, 0.25) is 10.0 Å². The minimum atomic E-state index is -0.594. The molecule has 4 rings (SSSR count). The number of aliphatic imine (C=N–C) groups is 1. The molecule has 0 saturated heterocycles. The summed E-state index contributed by atoms with van der Waals surface area (Å²) in [6.07, 6.45) is 1.59. The molecular weight excluding hydrogens is 583 g/mol. The molecule has 0 radical (unpaired) electrons. The van der Waals surface area contributed by atoms with Gasteiger partial charge in [0.15, 0.2) is 17.2 Å². The number of hydrogen-bond donors (Lipinski definition) is 0. The average Bonchev–Trinajstić information content (AvgIpc) is 3.15. The van der Waals surface area contributed by atoms with Crippen LogP contribution in [0.25, 0.3) is 6.08 Å². The highest BCUT2D eigenvalue weighted by Crippen LogP contribution is 2.36. The van der Waals surface area contributed by atoms with E-state index in [-0.39, 0.29) is 24.0 Å². The minimum Gasteiger partial charge on any atom is -0.493 e. The highest BCUT2D eigenvalue weighted by Gasteiger charge is 2.24. The Morgan fingerprint density at radius 3 is 2.55 bits per heavy atom. The van der Waals surface area contributed by atoms with Gasteiger partial charge in [0.2, 0.25) is 5.90 Å². The van der Waals surface area contributed by atoms with Gasteiger partial charge in [0.25, 0.3) is 0 Å². The molecule has 3 aromatic carbocycles. The van der Waals surface area contributed by atoms with Crippen molar-refractivity contribution in [2.75, 3.05) is 7.11 Å². The molecule has 0 aliphatic carbocycles. The predicted molar refractivity (Wildman–Crippen MR) is 134 cm³/mol. The van der Waals surface area contributed by atoms with Crippen molar-refractivity contribution in [1.29, 1.82) is 0 Å². The number of rotatable bonds is 6. The molecule has 5 nitrogen and oxygen atoms in total. The smallest absolute Gasteiger partial charge is 0.363 e. The Labute approximate surface area is 212 Å². The number of esters is 1. The zero-order chi connectivity index (χ0) is 23.5. The van der Waals surface area contributed by atoms with Crippen LogP contribution < -0.4 is 9.47 Å². The molecule has 1 aliphatic heterocycles. The van der Waals surface area contributed by atoms with Gasteiger partial charge in [-0.2, -0.15) is 0 Å². The maximum absolute atomic E-state index is 13.1. The molecule has 168 valence electrons. The Balaban J connectivity index is 1.58. The van der Waals surface area contributed by atoms with E-state index >= 15 is 0 Å². The first kappa shape index (κ1) is 23.5. The minimum absolute atomic E-state index is 0.120. The summed E-state index contributed by atoms with van der Waals surface area (Å²) in [5, 5.41) is 0.922. The monoisotopic (exact) mass is 597 g/mol. The number of methoxy groups -OCH3 is 1. The van der Waals surface area contributed by atoms with Gasteiger partial charge in [-0.3, -0.25) is 0 Å². The fourth-order valence-electron chi connectivity index (χ4n) is 3.03. The fourth-order valence-corrected chi connectivity index (χ4v) is 4.13. The SMILES string of the molecule is COc1cc(/C=C2\N=C(c3ccc(F)cc3)OC2=O)cc(I)c1OCc1ccc(Cl)c(Cl)c1. The summed E-state index contributed by atoms with van der Waals surface area (Å²) >= 11 is 14.2. The third kappa shape index (κ3) is 5.48. The summed E-state index contributed by atoms with van der Waals surface area (Å²) in [6, 6.07) is 14.4. The van der Waals surface area contributed by atoms with Gasteiger partial charge in [-0.25, -0.2) is 14.2 Å². The topological polar surface area (TPSA) is 57.1 Å². The van der Waals surface area contributed by atoms with E-state index in [1.54, 1.807) is 24.3 Å². The van der Waals surface area contributed by atoms with Crippen LogP contribution in [0.4, 0.5) is 4.39 Å². The quantitative estimate of drug-likeness (QED) is 0.181. The van der Waals surface area contributed by atoms with Gasteiger partial charge in [0, 0.05) is 5.56 Å². The summed E-state index contributed by atoms with van der Waals surface area (Å²) in [6.45, 7) is 0.265. The fraction of sp³-hybridized carbons (Fsp3) is 0.0833. The van der Waals surface area contributed by atoms with E-state index in [2.05, 4.69) is 27.6 Å². The Kier molecular flexibility index (Phi) is 7.21. The number of hydrogen-bond acceptors (Lipinski definition) is 5. The lowest BCUT2D eigenvalue weighted by Crippen LogP contribution is -2.05. The Hall–Kier alpha value is -2.62. The van der Waals surface area contributed by atoms with Gasteiger partial charge < -0.3 is 14.2 Å². The second-order valence-corrected chi connectivity index (χ2v) is 8.89. The number of ether oxygens (including phenoxy) is 3. The highest BCUT2D eigenvalue weighted by molar-refractivity contribution is 14.1. The van der Waals surface area contributed by atoms with Gasteiger partial charge in [0.1, 0.15) is 12.4 Å². The van der Waals surface area contributed by atoms with E-state index in [0.29, 0.717) is 32.7 Å². The highest BCUT2D eigenvalue weighted by atomic mass is 127. The van der Waals surface area contributed by atoms with Crippen LogP contribution in [0, 0.1) is 9.39 Å². The van der Waals surface area contributed by atoms with Crippen LogP contribution in [0.15, 0.2) is 65.3 Å². The molecule has 1 aliphatic rings. The van der Waals surface area contributed by atoms with Crippen LogP contribution in [0.5, 0.6) is 11.5 Å². The van der Waals surface area contributed by atoms with Crippen molar-refractivity contribution < 1.29 is 23.4 Å². The molecule has 0 bridgehead atoms. The largest absolute Gasteiger partial charge is 0.493 e. The van der Waals surface area contributed by atoms with Crippen molar-refractivity contribution in [3.8, 4) is 11.5 Å². The van der Waals surface area contributed by atoms with Crippen molar-refractivity contribution in [3.05, 3.63) is 96.4 Å².